The second-order valence-corrected chi connectivity index (χ2v) is 6.14. The van der Waals surface area contributed by atoms with Crippen LogP contribution in [-0.2, 0) is 9.59 Å². The molecule has 1 fully saturated rings. The van der Waals surface area contributed by atoms with Crippen molar-refractivity contribution >= 4 is 33.4 Å². The standard InChI is InChI=1S/C16H14BrN3O3/c17-11-2-1-3-13(7-11)23-14-5-4-12(8-19-14)20-9-10(16(18)22)6-15(20)21/h1-5,7-8,10H,6,9H2,(H2,18,22). The molecule has 1 aromatic carbocycles. The van der Waals surface area contributed by atoms with Crippen LogP contribution in [0.4, 0.5) is 5.69 Å². The van der Waals surface area contributed by atoms with Gasteiger partial charge in [0.05, 0.1) is 17.8 Å². The second-order valence-electron chi connectivity index (χ2n) is 5.22. The van der Waals surface area contributed by atoms with Gasteiger partial charge in [-0.25, -0.2) is 4.98 Å². The number of anilines is 1. The third kappa shape index (κ3) is 3.50. The summed E-state index contributed by atoms with van der Waals surface area (Å²) in [5.74, 6) is 0.0513. The highest BCUT2D eigenvalue weighted by Crippen LogP contribution is 2.27. The fraction of sp³-hybridized carbons (Fsp3) is 0.188. The van der Waals surface area contributed by atoms with Crippen LogP contribution in [0.15, 0.2) is 47.1 Å². The highest BCUT2D eigenvalue weighted by Gasteiger charge is 2.34. The number of carbonyl (C=O) groups excluding carboxylic acids is 2. The minimum absolute atomic E-state index is 0.128. The summed E-state index contributed by atoms with van der Waals surface area (Å²) in [4.78, 5) is 28.9. The first-order valence-electron chi connectivity index (χ1n) is 7.02. The molecule has 1 saturated heterocycles. The van der Waals surface area contributed by atoms with Crippen LogP contribution in [0, 0.1) is 5.92 Å². The molecule has 2 amide bonds. The van der Waals surface area contributed by atoms with Gasteiger partial charge in [0.2, 0.25) is 17.7 Å². The third-order valence-electron chi connectivity index (χ3n) is 3.58. The molecule has 2 heterocycles. The zero-order valence-electron chi connectivity index (χ0n) is 12.1. The van der Waals surface area contributed by atoms with E-state index >= 15 is 0 Å². The van der Waals surface area contributed by atoms with Gasteiger partial charge in [-0.1, -0.05) is 22.0 Å². The molecule has 0 saturated carbocycles. The van der Waals surface area contributed by atoms with E-state index < -0.39 is 11.8 Å². The van der Waals surface area contributed by atoms with Crippen LogP contribution in [0.3, 0.4) is 0 Å². The number of benzene rings is 1. The summed E-state index contributed by atoms with van der Waals surface area (Å²) < 4.78 is 6.55. The summed E-state index contributed by atoms with van der Waals surface area (Å²) in [5.41, 5.74) is 5.89. The van der Waals surface area contributed by atoms with Gasteiger partial charge >= 0.3 is 0 Å². The van der Waals surface area contributed by atoms with Gasteiger partial charge in [-0.3, -0.25) is 9.59 Å². The Morgan fingerprint density at radius 3 is 2.78 bits per heavy atom. The minimum Gasteiger partial charge on any atom is -0.439 e. The molecular formula is C16H14BrN3O3. The molecule has 7 heteroatoms. The molecule has 2 aromatic rings. The van der Waals surface area contributed by atoms with Gasteiger partial charge in [0.15, 0.2) is 0 Å². The first kappa shape index (κ1) is 15.5. The Labute approximate surface area is 141 Å². The van der Waals surface area contributed by atoms with Crippen molar-refractivity contribution in [1.82, 2.24) is 4.98 Å². The number of aromatic nitrogens is 1. The molecule has 23 heavy (non-hydrogen) atoms. The predicted molar refractivity (Wildman–Crippen MR) is 88.1 cm³/mol. The lowest BCUT2D eigenvalue weighted by molar-refractivity contribution is -0.123. The number of hydrogen-bond donors (Lipinski definition) is 1. The summed E-state index contributed by atoms with van der Waals surface area (Å²) in [6, 6.07) is 10.8. The summed E-state index contributed by atoms with van der Waals surface area (Å²) in [7, 11) is 0. The average molecular weight is 376 g/mol. The molecule has 1 aromatic heterocycles. The van der Waals surface area contributed by atoms with Crippen LogP contribution in [0.5, 0.6) is 11.6 Å². The Hall–Kier alpha value is -2.41. The molecule has 1 atom stereocenters. The van der Waals surface area contributed by atoms with E-state index in [9.17, 15) is 9.59 Å². The topological polar surface area (TPSA) is 85.5 Å². The lowest BCUT2D eigenvalue weighted by atomic mass is 10.1. The van der Waals surface area contributed by atoms with Gasteiger partial charge in [-0.15, -0.1) is 0 Å². The van der Waals surface area contributed by atoms with Crippen LogP contribution in [0.25, 0.3) is 0 Å². The first-order chi connectivity index (χ1) is 11.0. The van der Waals surface area contributed by atoms with Crippen LogP contribution < -0.4 is 15.4 Å². The summed E-state index contributed by atoms with van der Waals surface area (Å²) in [6.07, 6.45) is 1.69. The molecular weight excluding hydrogens is 362 g/mol. The van der Waals surface area contributed by atoms with Gasteiger partial charge in [-0.2, -0.15) is 0 Å². The van der Waals surface area contributed by atoms with Crippen LogP contribution in [0.1, 0.15) is 6.42 Å². The number of nitrogens with zero attached hydrogens (tertiary/aromatic N) is 2. The van der Waals surface area contributed by atoms with Crippen molar-refractivity contribution in [2.24, 2.45) is 11.7 Å². The smallest absolute Gasteiger partial charge is 0.227 e. The monoisotopic (exact) mass is 375 g/mol. The minimum atomic E-state index is -0.455. The van der Waals surface area contributed by atoms with E-state index in [1.54, 1.807) is 18.3 Å². The van der Waals surface area contributed by atoms with Gasteiger partial charge in [0.25, 0.3) is 0 Å². The number of hydrogen-bond acceptors (Lipinski definition) is 4. The maximum Gasteiger partial charge on any atom is 0.227 e. The summed E-state index contributed by atoms with van der Waals surface area (Å²) in [6.45, 7) is 0.293. The molecule has 1 aliphatic heterocycles. The second kappa shape index (κ2) is 6.37. The number of amides is 2. The quantitative estimate of drug-likeness (QED) is 0.889. The average Bonchev–Trinajstić information content (AvgIpc) is 2.90. The number of carbonyl (C=O) groups is 2. The highest BCUT2D eigenvalue weighted by atomic mass is 79.9. The maximum absolute atomic E-state index is 12.0. The highest BCUT2D eigenvalue weighted by molar-refractivity contribution is 9.10. The van der Waals surface area contributed by atoms with Crippen LogP contribution >= 0.6 is 15.9 Å². The fourth-order valence-electron chi connectivity index (χ4n) is 2.39. The summed E-state index contributed by atoms with van der Waals surface area (Å²) >= 11 is 3.37. The van der Waals surface area contributed by atoms with E-state index in [0.29, 0.717) is 23.9 Å². The van der Waals surface area contributed by atoms with Crippen molar-refractivity contribution in [2.45, 2.75) is 6.42 Å². The van der Waals surface area contributed by atoms with Gasteiger partial charge in [-0.05, 0) is 24.3 Å². The Balaban J connectivity index is 1.72. The molecule has 118 valence electrons. The lowest BCUT2D eigenvalue weighted by Crippen LogP contribution is -2.28. The normalized spacial score (nSPS) is 17.3. The fourth-order valence-corrected chi connectivity index (χ4v) is 2.77. The van der Waals surface area contributed by atoms with Crippen molar-refractivity contribution < 1.29 is 14.3 Å². The third-order valence-corrected chi connectivity index (χ3v) is 4.07. The Morgan fingerprint density at radius 1 is 1.35 bits per heavy atom. The van der Waals surface area contributed by atoms with Gasteiger partial charge in [0, 0.05) is 23.5 Å². The van der Waals surface area contributed by atoms with Crippen LogP contribution in [0.2, 0.25) is 0 Å². The Kier molecular flexibility index (Phi) is 4.29. The number of ether oxygens (including phenoxy) is 1. The number of pyridine rings is 1. The van der Waals surface area contributed by atoms with Gasteiger partial charge < -0.3 is 15.4 Å². The first-order valence-corrected chi connectivity index (χ1v) is 7.81. The molecule has 2 N–H and O–H groups in total. The number of primary amides is 1. The number of halogens is 1. The molecule has 0 aliphatic carbocycles. The zero-order valence-corrected chi connectivity index (χ0v) is 13.7. The van der Waals surface area contributed by atoms with Crippen molar-refractivity contribution in [3.8, 4) is 11.6 Å². The SMILES string of the molecule is NC(=O)C1CC(=O)N(c2ccc(Oc3cccc(Br)c3)nc2)C1. The van der Waals surface area contributed by atoms with Crippen molar-refractivity contribution in [1.29, 1.82) is 0 Å². The molecule has 0 spiro atoms. The van der Waals surface area contributed by atoms with E-state index in [0.717, 1.165) is 4.47 Å². The zero-order chi connectivity index (χ0) is 16.4. The van der Waals surface area contributed by atoms with Gasteiger partial charge in [0.1, 0.15) is 5.75 Å². The van der Waals surface area contributed by atoms with E-state index in [4.69, 9.17) is 10.5 Å². The van der Waals surface area contributed by atoms with Crippen molar-refractivity contribution in [3.63, 3.8) is 0 Å². The molecule has 6 nitrogen and oxygen atoms in total. The van der Waals surface area contributed by atoms with E-state index in [1.165, 1.54) is 4.90 Å². The number of nitrogens with two attached hydrogens (primary N) is 1. The molecule has 1 unspecified atom stereocenters. The molecule has 1 aliphatic rings. The number of rotatable bonds is 4. The van der Waals surface area contributed by atoms with Crippen molar-refractivity contribution in [2.75, 3.05) is 11.4 Å². The largest absolute Gasteiger partial charge is 0.439 e. The lowest BCUT2D eigenvalue weighted by Gasteiger charge is -2.16. The van der Waals surface area contributed by atoms with E-state index in [-0.39, 0.29) is 12.3 Å². The molecule has 0 bridgehead atoms. The molecule has 3 rings (SSSR count). The van der Waals surface area contributed by atoms with E-state index in [1.807, 2.05) is 24.3 Å². The van der Waals surface area contributed by atoms with Crippen LogP contribution in [-0.4, -0.2) is 23.3 Å². The predicted octanol–water partition coefficient (Wildman–Crippen LogP) is 2.47. The summed E-state index contributed by atoms with van der Waals surface area (Å²) in [5, 5.41) is 0. The van der Waals surface area contributed by atoms with Crippen molar-refractivity contribution in [3.05, 3.63) is 47.1 Å². The Bertz CT molecular complexity index is 748. The maximum atomic E-state index is 12.0. The Morgan fingerprint density at radius 2 is 2.17 bits per heavy atom. The van der Waals surface area contributed by atoms with E-state index in [2.05, 4.69) is 20.9 Å². The molecule has 0 radical (unpaired) electrons.